The van der Waals surface area contributed by atoms with E-state index in [4.69, 9.17) is 0 Å². The predicted molar refractivity (Wildman–Crippen MR) is 67.6 cm³/mol. The van der Waals surface area contributed by atoms with E-state index in [0.717, 1.165) is 18.4 Å². The third kappa shape index (κ3) is 3.04. The lowest BCUT2D eigenvalue weighted by atomic mass is 9.90. The van der Waals surface area contributed by atoms with Gasteiger partial charge in [-0.1, -0.05) is 0 Å². The maximum absolute atomic E-state index is 4.14. The highest BCUT2D eigenvalue weighted by Crippen LogP contribution is 2.22. The van der Waals surface area contributed by atoms with Crippen molar-refractivity contribution in [3.05, 3.63) is 12.2 Å². The van der Waals surface area contributed by atoms with Crippen molar-refractivity contribution >= 4 is 0 Å². The average Bonchev–Trinajstić information content (AvgIpc) is 2.75. The van der Waals surface area contributed by atoms with Crippen molar-refractivity contribution in [2.75, 3.05) is 14.1 Å². The molecule has 5 nitrogen and oxygen atoms in total. The van der Waals surface area contributed by atoms with Crippen LogP contribution >= 0.6 is 0 Å². The second-order valence-electron chi connectivity index (χ2n) is 5.07. The minimum absolute atomic E-state index is 0.691. The summed E-state index contributed by atoms with van der Waals surface area (Å²) in [6, 6.07) is 1.41. The van der Waals surface area contributed by atoms with Crippen LogP contribution in [-0.2, 0) is 13.6 Å². The Morgan fingerprint density at radius 2 is 2.12 bits per heavy atom. The molecule has 0 aromatic carbocycles. The van der Waals surface area contributed by atoms with Crippen molar-refractivity contribution in [3.8, 4) is 0 Å². The van der Waals surface area contributed by atoms with E-state index in [0.29, 0.717) is 6.04 Å². The van der Waals surface area contributed by atoms with Gasteiger partial charge in [-0.05, 0) is 39.8 Å². The number of aryl methyl sites for hydroxylation is 1. The molecule has 1 aliphatic carbocycles. The highest BCUT2D eigenvalue weighted by Gasteiger charge is 2.23. The first-order chi connectivity index (χ1) is 8.20. The molecule has 0 unspecified atom stereocenters. The van der Waals surface area contributed by atoms with Crippen LogP contribution in [-0.4, -0.2) is 45.8 Å². The van der Waals surface area contributed by atoms with Crippen molar-refractivity contribution < 1.29 is 0 Å². The summed E-state index contributed by atoms with van der Waals surface area (Å²) in [5, 5.41) is 11.4. The Hall–Kier alpha value is -0.940. The molecule has 0 aliphatic heterocycles. The predicted octanol–water partition coefficient (Wildman–Crippen LogP) is 0.777. The number of nitrogens with zero attached hydrogens (tertiary/aromatic N) is 4. The van der Waals surface area contributed by atoms with E-state index >= 15 is 0 Å². The number of rotatable bonds is 4. The standard InChI is InChI=1S/C12H23N5/c1-13-10-4-6-11(7-5-10)16(2)8-12-15-14-9-17(12)3/h9-11,13H,4-8H2,1-3H3. The lowest BCUT2D eigenvalue weighted by Gasteiger charge is -2.34. The summed E-state index contributed by atoms with van der Waals surface area (Å²) in [6.45, 7) is 0.894. The summed E-state index contributed by atoms with van der Waals surface area (Å²) in [5.41, 5.74) is 0. The first kappa shape index (κ1) is 12.5. The molecule has 0 atom stereocenters. The summed E-state index contributed by atoms with van der Waals surface area (Å²) in [6.07, 6.45) is 6.88. The van der Waals surface area contributed by atoms with Crippen LogP contribution in [0.4, 0.5) is 0 Å². The molecule has 1 heterocycles. The Balaban J connectivity index is 1.85. The Kier molecular flexibility index (Phi) is 4.12. The Morgan fingerprint density at radius 3 is 2.65 bits per heavy atom. The van der Waals surface area contributed by atoms with Gasteiger partial charge in [0, 0.05) is 19.1 Å². The van der Waals surface area contributed by atoms with Crippen LogP contribution in [0.5, 0.6) is 0 Å². The molecule has 0 bridgehead atoms. The fourth-order valence-electron chi connectivity index (χ4n) is 2.61. The van der Waals surface area contributed by atoms with Crippen molar-refractivity contribution in [1.29, 1.82) is 0 Å². The van der Waals surface area contributed by atoms with E-state index in [-0.39, 0.29) is 0 Å². The first-order valence-electron chi connectivity index (χ1n) is 6.41. The van der Waals surface area contributed by atoms with Gasteiger partial charge < -0.3 is 9.88 Å². The quantitative estimate of drug-likeness (QED) is 0.840. The van der Waals surface area contributed by atoms with Gasteiger partial charge in [-0.15, -0.1) is 10.2 Å². The van der Waals surface area contributed by atoms with E-state index in [9.17, 15) is 0 Å². The third-order valence-corrected chi connectivity index (χ3v) is 3.92. The molecule has 1 N–H and O–H groups in total. The Morgan fingerprint density at radius 1 is 1.41 bits per heavy atom. The van der Waals surface area contributed by atoms with E-state index in [2.05, 4.69) is 34.5 Å². The fourth-order valence-corrected chi connectivity index (χ4v) is 2.61. The van der Waals surface area contributed by atoms with Gasteiger partial charge >= 0.3 is 0 Å². The lowest BCUT2D eigenvalue weighted by Crippen LogP contribution is -2.39. The van der Waals surface area contributed by atoms with E-state index in [1.54, 1.807) is 6.33 Å². The van der Waals surface area contributed by atoms with Crippen LogP contribution < -0.4 is 5.32 Å². The zero-order chi connectivity index (χ0) is 12.3. The van der Waals surface area contributed by atoms with Gasteiger partial charge in [0.2, 0.25) is 0 Å². The van der Waals surface area contributed by atoms with Crippen LogP contribution in [0.1, 0.15) is 31.5 Å². The molecule has 0 radical (unpaired) electrons. The zero-order valence-electron chi connectivity index (χ0n) is 11.1. The largest absolute Gasteiger partial charge is 0.320 e. The van der Waals surface area contributed by atoms with Crippen molar-refractivity contribution in [3.63, 3.8) is 0 Å². The molecule has 0 amide bonds. The number of aromatic nitrogens is 3. The van der Waals surface area contributed by atoms with Gasteiger partial charge in [0.25, 0.3) is 0 Å². The molecular weight excluding hydrogens is 214 g/mol. The molecule has 0 spiro atoms. The monoisotopic (exact) mass is 237 g/mol. The first-order valence-corrected chi connectivity index (χ1v) is 6.41. The van der Waals surface area contributed by atoms with Gasteiger partial charge in [0.1, 0.15) is 12.2 Å². The number of hydrogen-bond donors (Lipinski definition) is 1. The van der Waals surface area contributed by atoms with Crippen LogP contribution in [0.25, 0.3) is 0 Å². The van der Waals surface area contributed by atoms with Crippen LogP contribution in [0.15, 0.2) is 6.33 Å². The lowest BCUT2D eigenvalue weighted by molar-refractivity contribution is 0.165. The van der Waals surface area contributed by atoms with Crippen LogP contribution in [0.3, 0.4) is 0 Å². The fraction of sp³-hybridized carbons (Fsp3) is 0.833. The molecule has 0 saturated heterocycles. The molecule has 1 aromatic heterocycles. The third-order valence-electron chi connectivity index (χ3n) is 3.92. The summed E-state index contributed by atoms with van der Waals surface area (Å²) in [5.74, 6) is 1.04. The number of nitrogens with one attached hydrogen (secondary N) is 1. The number of hydrogen-bond acceptors (Lipinski definition) is 4. The molecule has 96 valence electrons. The van der Waals surface area contributed by atoms with Crippen LogP contribution in [0, 0.1) is 0 Å². The Bertz CT molecular complexity index is 340. The highest BCUT2D eigenvalue weighted by atomic mass is 15.3. The smallest absolute Gasteiger partial charge is 0.146 e. The molecular formula is C12H23N5. The molecule has 2 rings (SSSR count). The maximum atomic E-state index is 4.14. The molecule has 1 aliphatic rings. The topological polar surface area (TPSA) is 46.0 Å². The minimum atomic E-state index is 0.691. The molecule has 5 heteroatoms. The van der Waals surface area contributed by atoms with E-state index in [1.165, 1.54) is 25.7 Å². The SMILES string of the molecule is CNC1CCC(N(C)Cc2nncn2C)CC1. The van der Waals surface area contributed by atoms with Crippen LogP contribution in [0.2, 0.25) is 0 Å². The highest BCUT2D eigenvalue weighted by molar-refractivity contribution is 4.87. The van der Waals surface area contributed by atoms with Crippen molar-refractivity contribution in [2.45, 2.75) is 44.3 Å². The summed E-state index contributed by atoms with van der Waals surface area (Å²) < 4.78 is 2.00. The van der Waals surface area contributed by atoms with E-state index < -0.39 is 0 Å². The normalized spacial score (nSPS) is 25.4. The minimum Gasteiger partial charge on any atom is -0.320 e. The van der Waals surface area contributed by atoms with Gasteiger partial charge in [-0.25, -0.2) is 0 Å². The summed E-state index contributed by atoms with van der Waals surface area (Å²) >= 11 is 0. The molecule has 1 saturated carbocycles. The summed E-state index contributed by atoms with van der Waals surface area (Å²) in [7, 11) is 6.26. The Labute approximate surface area is 103 Å². The summed E-state index contributed by atoms with van der Waals surface area (Å²) in [4.78, 5) is 2.41. The average molecular weight is 237 g/mol. The van der Waals surface area contributed by atoms with Crippen molar-refractivity contribution in [1.82, 2.24) is 25.0 Å². The van der Waals surface area contributed by atoms with Gasteiger partial charge in [0.15, 0.2) is 0 Å². The second-order valence-corrected chi connectivity index (χ2v) is 5.07. The second kappa shape index (κ2) is 5.60. The maximum Gasteiger partial charge on any atom is 0.146 e. The molecule has 1 aromatic rings. The van der Waals surface area contributed by atoms with Gasteiger partial charge in [0.05, 0.1) is 6.54 Å². The van der Waals surface area contributed by atoms with Gasteiger partial charge in [-0.2, -0.15) is 0 Å². The van der Waals surface area contributed by atoms with E-state index in [1.807, 2.05) is 11.6 Å². The molecule has 17 heavy (non-hydrogen) atoms. The van der Waals surface area contributed by atoms with Gasteiger partial charge in [-0.3, -0.25) is 4.90 Å². The zero-order valence-corrected chi connectivity index (χ0v) is 11.1. The van der Waals surface area contributed by atoms with Crippen molar-refractivity contribution in [2.24, 2.45) is 7.05 Å². The molecule has 1 fully saturated rings.